The summed E-state index contributed by atoms with van der Waals surface area (Å²) in [5, 5.41) is 2.84. The Labute approximate surface area is 90.5 Å². The van der Waals surface area contributed by atoms with Gasteiger partial charge in [-0.25, -0.2) is 0 Å². The van der Waals surface area contributed by atoms with Crippen molar-refractivity contribution in [1.82, 2.24) is 5.32 Å². The molecule has 86 valence electrons. The number of amides is 1. The highest BCUT2D eigenvalue weighted by Gasteiger charge is 2.71. The highest BCUT2D eigenvalue weighted by molar-refractivity contribution is 5.89. The van der Waals surface area contributed by atoms with Crippen molar-refractivity contribution in [2.75, 3.05) is 13.2 Å². The van der Waals surface area contributed by atoms with Crippen LogP contribution < -0.4 is 11.1 Å². The average Bonchev–Trinajstić information content (AvgIpc) is 2.64. The molecule has 4 nitrogen and oxygen atoms in total. The number of nitrogens with two attached hydrogens (primary N) is 1. The highest BCUT2D eigenvalue weighted by atomic mass is 16.5. The zero-order chi connectivity index (χ0) is 11.3. The van der Waals surface area contributed by atoms with Crippen LogP contribution in [0, 0.1) is 11.3 Å². The first-order chi connectivity index (χ1) is 6.96. The number of hydrogen-bond acceptors (Lipinski definition) is 3. The number of carbonyl (C=O) groups is 1. The van der Waals surface area contributed by atoms with E-state index < -0.39 is 5.54 Å². The normalized spacial score (nSPS) is 41.9. The molecule has 1 saturated heterocycles. The molecule has 1 aliphatic heterocycles. The number of nitrogens with one attached hydrogen (secondary N) is 1. The number of fused-ring (bicyclic) bond motifs is 1. The van der Waals surface area contributed by atoms with Gasteiger partial charge in [0.1, 0.15) is 5.54 Å². The van der Waals surface area contributed by atoms with Gasteiger partial charge in [0, 0.05) is 24.5 Å². The second-order valence-electron chi connectivity index (χ2n) is 5.14. The van der Waals surface area contributed by atoms with Gasteiger partial charge in [0.05, 0.1) is 6.10 Å². The van der Waals surface area contributed by atoms with Crippen molar-refractivity contribution in [3.8, 4) is 0 Å². The van der Waals surface area contributed by atoms with E-state index in [1.54, 1.807) is 0 Å². The maximum absolute atomic E-state index is 12.0. The van der Waals surface area contributed by atoms with E-state index in [-0.39, 0.29) is 23.3 Å². The van der Waals surface area contributed by atoms with Crippen LogP contribution >= 0.6 is 0 Å². The minimum atomic E-state index is -0.746. The van der Waals surface area contributed by atoms with E-state index in [0.717, 1.165) is 13.0 Å². The monoisotopic (exact) mass is 212 g/mol. The van der Waals surface area contributed by atoms with E-state index in [9.17, 15) is 4.79 Å². The lowest BCUT2D eigenvalue weighted by molar-refractivity contribution is -0.175. The lowest BCUT2D eigenvalue weighted by atomic mass is 9.48. The van der Waals surface area contributed by atoms with Gasteiger partial charge in [-0.2, -0.15) is 0 Å². The fourth-order valence-electron chi connectivity index (χ4n) is 3.15. The molecule has 1 saturated carbocycles. The summed E-state index contributed by atoms with van der Waals surface area (Å²) in [5.41, 5.74) is 5.30. The van der Waals surface area contributed by atoms with Crippen LogP contribution in [0.2, 0.25) is 0 Å². The molecule has 0 radical (unpaired) electrons. The van der Waals surface area contributed by atoms with Gasteiger partial charge in [-0.05, 0) is 13.3 Å². The predicted octanol–water partition coefficient (Wildman–Crippen LogP) is 0.265. The molecule has 1 amide bonds. The number of carbonyl (C=O) groups excluding carboxylic acids is 1. The fourth-order valence-corrected chi connectivity index (χ4v) is 3.15. The van der Waals surface area contributed by atoms with Gasteiger partial charge in [0.15, 0.2) is 0 Å². The van der Waals surface area contributed by atoms with Gasteiger partial charge in [-0.15, -0.1) is 0 Å². The van der Waals surface area contributed by atoms with Crippen LogP contribution in [0.4, 0.5) is 0 Å². The number of rotatable bonds is 2. The van der Waals surface area contributed by atoms with Crippen LogP contribution in [-0.2, 0) is 9.53 Å². The maximum Gasteiger partial charge on any atom is 0.241 e. The lowest BCUT2D eigenvalue weighted by Crippen LogP contribution is -2.80. The van der Waals surface area contributed by atoms with Gasteiger partial charge in [-0.1, -0.05) is 13.8 Å². The Morgan fingerprint density at radius 3 is 2.87 bits per heavy atom. The van der Waals surface area contributed by atoms with Crippen molar-refractivity contribution in [2.45, 2.75) is 38.8 Å². The second-order valence-corrected chi connectivity index (χ2v) is 5.14. The molecule has 4 heteroatoms. The first-order valence-corrected chi connectivity index (χ1v) is 5.65. The molecule has 0 bridgehead atoms. The molecule has 1 heterocycles. The van der Waals surface area contributed by atoms with Crippen LogP contribution in [-0.4, -0.2) is 30.7 Å². The summed E-state index contributed by atoms with van der Waals surface area (Å²) >= 11 is 0. The van der Waals surface area contributed by atoms with Gasteiger partial charge in [-0.3, -0.25) is 4.79 Å². The third-order valence-corrected chi connectivity index (χ3v) is 4.17. The molecule has 0 spiro atoms. The summed E-state index contributed by atoms with van der Waals surface area (Å²) in [5.74, 6) is 0.167. The van der Waals surface area contributed by atoms with Crippen LogP contribution in [0.25, 0.3) is 0 Å². The predicted molar refractivity (Wildman–Crippen MR) is 57.2 cm³/mol. The second kappa shape index (κ2) is 3.19. The van der Waals surface area contributed by atoms with Gasteiger partial charge >= 0.3 is 0 Å². The van der Waals surface area contributed by atoms with Crippen molar-refractivity contribution in [1.29, 1.82) is 0 Å². The van der Waals surface area contributed by atoms with Crippen LogP contribution in [0.1, 0.15) is 27.2 Å². The molecule has 3 atom stereocenters. The Balaban J connectivity index is 2.23. The van der Waals surface area contributed by atoms with Crippen molar-refractivity contribution in [2.24, 2.45) is 17.1 Å². The molecule has 3 unspecified atom stereocenters. The van der Waals surface area contributed by atoms with Crippen molar-refractivity contribution >= 4 is 5.91 Å². The first-order valence-electron chi connectivity index (χ1n) is 5.65. The molecule has 15 heavy (non-hydrogen) atoms. The highest BCUT2D eigenvalue weighted by Crippen LogP contribution is 2.58. The van der Waals surface area contributed by atoms with E-state index in [4.69, 9.17) is 10.5 Å². The summed E-state index contributed by atoms with van der Waals surface area (Å²) in [4.78, 5) is 12.0. The standard InChI is InChI=1S/C11H20N2O2/c1-4-13-9(14)11(12)7-5-6-15-8(7)10(11,2)3/h7-8H,4-6,12H2,1-3H3,(H,13,14). The van der Waals surface area contributed by atoms with E-state index in [0.29, 0.717) is 6.54 Å². The van der Waals surface area contributed by atoms with Crippen molar-refractivity contribution in [3.05, 3.63) is 0 Å². The SMILES string of the molecule is CCNC(=O)C1(N)C2CCOC2C1(C)C. The van der Waals surface area contributed by atoms with Crippen LogP contribution in [0.15, 0.2) is 0 Å². The summed E-state index contributed by atoms with van der Waals surface area (Å²) in [6, 6.07) is 0. The zero-order valence-electron chi connectivity index (χ0n) is 9.67. The quantitative estimate of drug-likeness (QED) is 0.690. The average molecular weight is 212 g/mol. The Morgan fingerprint density at radius 2 is 2.27 bits per heavy atom. The molecule has 1 aliphatic carbocycles. The Morgan fingerprint density at radius 1 is 1.60 bits per heavy atom. The lowest BCUT2D eigenvalue weighted by Gasteiger charge is -2.60. The molecule has 2 rings (SSSR count). The third kappa shape index (κ3) is 1.12. The molecule has 2 aliphatic rings. The zero-order valence-corrected chi connectivity index (χ0v) is 9.67. The van der Waals surface area contributed by atoms with E-state index in [1.165, 1.54) is 0 Å². The van der Waals surface area contributed by atoms with E-state index >= 15 is 0 Å². The Bertz CT molecular complexity index is 290. The molecular weight excluding hydrogens is 192 g/mol. The summed E-state index contributed by atoms with van der Waals surface area (Å²) < 4.78 is 5.63. The maximum atomic E-state index is 12.0. The summed E-state index contributed by atoms with van der Waals surface area (Å²) in [6.45, 7) is 7.32. The summed E-state index contributed by atoms with van der Waals surface area (Å²) in [7, 11) is 0. The molecule has 0 aromatic carbocycles. The molecule has 3 N–H and O–H groups in total. The topological polar surface area (TPSA) is 64.4 Å². The minimum Gasteiger partial charge on any atom is -0.377 e. The molecule has 0 aromatic rings. The Kier molecular flexibility index (Phi) is 2.32. The van der Waals surface area contributed by atoms with Gasteiger partial charge in [0.25, 0.3) is 0 Å². The van der Waals surface area contributed by atoms with E-state index in [2.05, 4.69) is 5.32 Å². The smallest absolute Gasteiger partial charge is 0.241 e. The minimum absolute atomic E-state index is 0.0262. The largest absolute Gasteiger partial charge is 0.377 e. The summed E-state index contributed by atoms with van der Waals surface area (Å²) in [6.07, 6.45) is 1.06. The van der Waals surface area contributed by atoms with Gasteiger partial charge < -0.3 is 15.8 Å². The van der Waals surface area contributed by atoms with Crippen molar-refractivity contribution < 1.29 is 9.53 Å². The molecular formula is C11H20N2O2. The van der Waals surface area contributed by atoms with Gasteiger partial charge in [0.2, 0.25) is 5.91 Å². The fraction of sp³-hybridized carbons (Fsp3) is 0.909. The van der Waals surface area contributed by atoms with Crippen LogP contribution in [0.3, 0.4) is 0 Å². The van der Waals surface area contributed by atoms with Crippen molar-refractivity contribution in [3.63, 3.8) is 0 Å². The third-order valence-electron chi connectivity index (χ3n) is 4.17. The first kappa shape index (κ1) is 10.9. The number of hydrogen-bond donors (Lipinski definition) is 2. The Hall–Kier alpha value is -0.610. The number of ether oxygens (including phenoxy) is 1. The molecule has 2 fully saturated rings. The van der Waals surface area contributed by atoms with E-state index in [1.807, 2.05) is 20.8 Å². The number of likely N-dealkylation sites (N-methyl/N-ethyl adjacent to an activating group) is 1. The molecule has 0 aromatic heterocycles. The van der Waals surface area contributed by atoms with Crippen LogP contribution in [0.5, 0.6) is 0 Å².